The molecule has 0 aromatic heterocycles. The standard InChI is InChI=1S/C14H19N3O2/c1-15-6-5-10-3-4-12-11(7-10)8-13(18)17(12)14(19)9-16-2/h3-4,7,15-16H,5-6,8-9H2,1-2H3. The number of nitrogens with one attached hydrogen (secondary N) is 2. The number of carbonyl (C=O) groups excluding carboxylic acids is 2. The average molecular weight is 261 g/mol. The van der Waals surface area contributed by atoms with E-state index in [0.29, 0.717) is 6.42 Å². The summed E-state index contributed by atoms with van der Waals surface area (Å²) in [6.07, 6.45) is 1.24. The van der Waals surface area contributed by atoms with E-state index < -0.39 is 0 Å². The SMILES string of the molecule is CNCCc1ccc2c(c1)CC(=O)N2C(=O)CNC. The highest BCUT2D eigenvalue weighted by Crippen LogP contribution is 2.29. The van der Waals surface area contributed by atoms with Gasteiger partial charge in [0.05, 0.1) is 18.7 Å². The van der Waals surface area contributed by atoms with Gasteiger partial charge in [-0.3, -0.25) is 9.59 Å². The summed E-state index contributed by atoms with van der Waals surface area (Å²) in [5, 5.41) is 5.88. The number of carbonyl (C=O) groups is 2. The van der Waals surface area contributed by atoms with Gasteiger partial charge in [0.15, 0.2) is 0 Å². The average Bonchev–Trinajstić information content (AvgIpc) is 2.71. The number of fused-ring (bicyclic) bond motifs is 1. The molecule has 19 heavy (non-hydrogen) atoms. The van der Waals surface area contributed by atoms with E-state index in [-0.39, 0.29) is 18.4 Å². The van der Waals surface area contributed by atoms with Crippen LogP contribution < -0.4 is 15.5 Å². The number of rotatable bonds is 5. The molecule has 5 nitrogen and oxygen atoms in total. The zero-order valence-corrected chi connectivity index (χ0v) is 11.3. The van der Waals surface area contributed by atoms with Crippen LogP contribution in [0.3, 0.4) is 0 Å². The lowest BCUT2D eigenvalue weighted by Gasteiger charge is -2.15. The minimum absolute atomic E-state index is 0.138. The van der Waals surface area contributed by atoms with Crippen molar-refractivity contribution in [2.75, 3.05) is 32.1 Å². The maximum atomic E-state index is 11.9. The number of nitrogens with zero attached hydrogens (tertiary/aromatic N) is 1. The van der Waals surface area contributed by atoms with Crippen LogP contribution in [0.2, 0.25) is 0 Å². The third kappa shape index (κ3) is 2.83. The molecule has 2 amide bonds. The summed E-state index contributed by atoms with van der Waals surface area (Å²) in [4.78, 5) is 25.1. The highest BCUT2D eigenvalue weighted by Gasteiger charge is 2.31. The summed E-state index contributed by atoms with van der Waals surface area (Å²) in [6, 6.07) is 5.88. The molecule has 0 bridgehead atoms. The predicted octanol–water partition coefficient (Wildman–Crippen LogP) is 0.0836. The lowest BCUT2D eigenvalue weighted by atomic mass is 10.1. The molecule has 1 aliphatic rings. The minimum atomic E-state index is -0.200. The zero-order chi connectivity index (χ0) is 13.8. The maximum absolute atomic E-state index is 11.9. The largest absolute Gasteiger partial charge is 0.319 e. The molecule has 2 rings (SSSR count). The van der Waals surface area contributed by atoms with Crippen LogP contribution in [0.25, 0.3) is 0 Å². The van der Waals surface area contributed by atoms with Crippen molar-refractivity contribution in [2.24, 2.45) is 0 Å². The quantitative estimate of drug-likeness (QED) is 0.788. The molecular weight excluding hydrogens is 242 g/mol. The highest BCUT2D eigenvalue weighted by atomic mass is 16.2. The van der Waals surface area contributed by atoms with E-state index in [9.17, 15) is 9.59 Å². The first-order valence-corrected chi connectivity index (χ1v) is 6.44. The molecule has 0 saturated carbocycles. The first kappa shape index (κ1) is 13.7. The number of likely N-dealkylation sites (N-methyl/N-ethyl adjacent to an activating group) is 2. The van der Waals surface area contributed by atoms with Crippen molar-refractivity contribution in [3.63, 3.8) is 0 Å². The van der Waals surface area contributed by atoms with Gasteiger partial charge in [-0.1, -0.05) is 12.1 Å². The van der Waals surface area contributed by atoms with Gasteiger partial charge >= 0.3 is 0 Å². The summed E-state index contributed by atoms with van der Waals surface area (Å²) in [5.41, 5.74) is 2.87. The molecule has 0 fully saturated rings. The van der Waals surface area contributed by atoms with Crippen molar-refractivity contribution in [1.82, 2.24) is 10.6 Å². The molecule has 1 aromatic carbocycles. The molecule has 0 saturated heterocycles. The van der Waals surface area contributed by atoms with E-state index >= 15 is 0 Å². The van der Waals surface area contributed by atoms with Crippen molar-refractivity contribution in [2.45, 2.75) is 12.8 Å². The van der Waals surface area contributed by atoms with Crippen LogP contribution in [0.4, 0.5) is 5.69 Å². The summed E-state index contributed by atoms with van der Waals surface area (Å²) < 4.78 is 0. The Labute approximate surface area is 113 Å². The van der Waals surface area contributed by atoms with Gasteiger partial charge in [0, 0.05) is 0 Å². The maximum Gasteiger partial charge on any atom is 0.247 e. The number of hydrogen-bond donors (Lipinski definition) is 2. The molecule has 2 N–H and O–H groups in total. The van der Waals surface area contributed by atoms with Gasteiger partial charge in [0.1, 0.15) is 0 Å². The van der Waals surface area contributed by atoms with E-state index in [2.05, 4.69) is 10.6 Å². The minimum Gasteiger partial charge on any atom is -0.319 e. The molecule has 0 unspecified atom stereocenters. The van der Waals surface area contributed by atoms with Crippen molar-refractivity contribution in [1.29, 1.82) is 0 Å². The molecule has 0 radical (unpaired) electrons. The summed E-state index contributed by atoms with van der Waals surface area (Å²) >= 11 is 0. The Kier molecular flexibility index (Phi) is 4.29. The van der Waals surface area contributed by atoms with E-state index in [0.717, 1.165) is 24.2 Å². The monoisotopic (exact) mass is 261 g/mol. The second-order valence-electron chi connectivity index (χ2n) is 4.65. The van der Waals surface area contributed by atoms with Gasteiger partial charge in [0.2, 0.25) is 11.8 Å². The lowest BCUT2D eigenvalue weighted by Crippen LogP contribution is -2.39. The van der Waals surface area contributed by atoms with Crippen LogP contribution in [0.15, 0.2) is 18.2 Å². The van der Waals surface area contributed by atoms with Gasteiger partial charge in [-0.25, -0.2) is 4.90 Å². The Morgan fingerprint density at radius 2 is 2.11 bits per heavy atom. The molecule has 102 valence electrons. The van der Waals surface area contributed by atoms with E-state index in [1.54, 1.807) is 7.05 Å². The molecule has 0 spiro atoms. The Bertz CT molecular complexity index is 499. The fourth-order valence-corrected chi connectivity index (χ4v) is 2.30. The van der Waals surface area contributed by atoms with E-state index in [1.807, 2.05) is 25.2 Å². The number of imide groups is 1. The Hall–Kier alpha value is -1.72. The second kappa shape index (κ2) is 5.95. The fraction of sp³-hybridized carbons (Fsp3) is 0.429. The van der Waals surface area contributed by atoms with Crippen LogP contribution >= 0.6 is 0 Å². The van der Waals surface area contributed by atoms with Gasteiger partial charge in [-0.2, -0.15) is 0 Å². The molecule has 0 aliphatic carbocycles. The summed E-state index contributed by atoms with van der Waals surface area (Å²) in [6.45, 7) is 1.07. The Morgan fingerprint density at radius 1 is 1.32 bits per heavy atom. The van der Waals surface area contributed by atoms with Crippen molar-refractivity contribution < 1.29 is 9.59 Å². The summed E-state index contributed by atoms with van der Waals surface area (Å²) in [7, 11) is 3.61. The number of anilines is 1. The Balaban J connectivity index is 2.22. The van der Waals surface area contributed by atoms with E-state index in [1.165, 1.54) is 10.5 Å². The van der Waals surface area contributed by atoms with Gasteiger partial charge in [-0.05, 0) is 44.3 Å². The fourth-order valence-electron chi connectivity index (χ4n) is 2.30. The number of benzene rings is 1. The third-order valence-electron chi connectivity index (χ3n) is 3.22. The van der Waals surface area contributed by atoms with Gasteiger partial charge < -0.3 is 10.6 Å². The number of hydrogen-bond acceptors (Lipinski definition) is 4. The smallest absolute Gasteiger partial charge is 0.247 e. The van der Waals surface area contributed by atoms with Crippen LogP contribution in [0.1, 0.15) is 11.1 Å². The first-order valence-electron chi connectivity index (χ1n) is 6.44. The molecule has 1 aromatic rings. The normalized spacial score (nSPS) is 13.8. The van der Waals surface area contributed by atoms with Crippen LogP contribution in [-0.2, 0) is 22.4 Å². The molecule has 0 atom stereocenters. The topological polar surface area (TPSA) is 61.4 Å². The molecular formula is C14H19N3O2. The summed E-state index contributed by atoms with van der Waals surface area (Å²) in [5.74, 6) is -0.338. The van der Waals surface area contributed by atoms with Crippen molar-refractivity contribution in [3.8, 4) is 0 Å². The van der Waals surface area contributed by atoms with Gasteiger partial charge in [-0.15, -0.1) is 0 Å². The van der Waals surface area contributed by atoms with Gasteiger partial charge in [0.25, 0.3) is 0 Å². The second-order valence-corrected chi connectivity index (χ2v) is 4.65. The zero-order valence-electron chi connectivity index (χ0n) is 11.3. The van der Waals surface area contributed by atoms with Crippen molar-refractivity contribution >= 4 is 17.5 Å². The predicted molar refractivity (Wildman–Crippen MR) is 74.2 cm³/mol. The van der Waals surface area contributed by atoms with Crippen molar-refractivity contribution in [3.05, 3.63) is 29.3 Å². The first-order chi connectivity index (χ1) is 9.17. The van der Waals surface area contributed by atoms with Crippen LogP contribution in [0, 0.1) is 0 Å². The lowest BCUT2D eigenvalue weighted by molar-refractivity contribution is -0.125. The van der Waals surface area contributed by atoms with Crippen LogP contribution in [0.5, 0.6) is 0 Å². The molecule has 5 heteroatoms. The Morgan fingerprint density at radius 3 is 2.79 bits per heavy atom. The van der Waals surface area contributed by atoms with Crippen LogP contribution in [-0.4, -0.2) is 39.0 Å². The third-order valence-corrected chi connectivity index (χ3v) is 3.22. The number of amides is 2. The van der Waals surface area contributed by atoms with E-state index in [4.69, 9.17) is 0 Å². The molecule has 1 aliphatic heterocycles. The molecule has 1 heterocycles. The highest BCUT2D eigenvalue weighted by molar-refractivity contribution is 6.19.